The number of nitrogens with zero attached hydrogens (tertiary/aromatic N) is 3. The van der Waals surface area contributed by atoms with Crippen molar-refractivity contribution in [1.82, 2.24) is 14.6 Å². The predicted octanol–water partition coefficient (Wildman–Crippen LogP) is 1.65. The zero-order valence-corrected chi connectivity index (χ0v) is 21.4. The average molecular weight is 546 g/mol. The summed E-state index contributed by atoms with van der Waals surface area (Å²) in [6, 6.07) is 3.41. The average Bonchev–Trinajstić information content (AvgIpc) is 3.46. The van der Waals surface area contributed by atoms with E-state index in [-0.39, 0.29) is 24.7 Å². The minimum Gasteiger partial charge on any atom is -0.489 e. The molecule has 3 aromatic rings. The summed E-state index contributed by atoms with van der Waals surface area (Å²) in [7, 11) is 0. The van der Waals surface area contributed by atoms with Crippen molar-refractivity contribution in [3.8, 4) is 17.4 Å². The summed E-state index contributed by atoms with van der Waals surface area (Å²) in [5.41, 5.74) is 3.59. The van der Waals surface area contributed by atoms with Crippen molar-refractivity contribution < 1.29 is 48.2 Å². The summed E-state index contributed by atoms with van der Waals surface area (Å²) in [6.45, 7) is 5.39. The highest BCUT2D eigenvalue weighted by molar-refractivity contribution is 5.69. The van der Waals surface area contributed by atoms with Crippen LogP contribution in [0.15, 0.2) is 30.2 Å². The molecule has 39 heavy (non-hydrogen) atoms. The smallest absolute Gasteiger partial charge is 0.295 e. The fraction of sp³-hybridized carbons (Fsp3) is 0.423. The Balaban J connectivity index is 1.29. The lowest BCUT2D eigenvalue weighted by molar-refractivity contribution is -0.347. The number of halogens is 1. The molecule has 1 aliphatic carbocycles. The van der Waals surface area contributed by atoms with Gasteiger partial charge in [-0.25, -0.2) is 8.91 Å². The molecule has 6 atom stereocenters. The second kappa shape index (κ2) is 10.9. The molecule has 0 bridgehead atoms. The van der Waals surface area contributed by atoms with E-state index in [4.69, 9.17) is 18.9 Å². The Bertz CT molecular complexity index is 1410. The Morgan fingerprint density at radius 3 is 2.72 bits per heavy atom. The maximum absolute atomic E-state index is 15.1. The van der Waals surface area contributed by atoms with Crippen LogP contribution in [0.25, 0.3) is 11.6 Å². The van der Waals surface area contributed by atoms with Gasteiger partial charge in [-0.1, -0.05) is 17.7 Å². The van der Waals surface area contributed by atoms with E-state index in [9.17, 15) is 20.1 Å². The number of allylic oxidation sites excluding steroid dienone is 1. The summed E-state index contributed by atoms with van der Waals surface area (Å²) in [6.07, 6.45) is -3.08. The largest absolute Gasteiger partial charge is 0.489 e. The molecular formula is C26H28FN3O9. The molecule has 5 rings (SSSR count). The summed E-state index contributed by atoms with van der Waals surface area (Å²) >= 11 is 0. The van der Waals surface area contributed by atoms with E-state index in [1.54, 1.807) is 32.2 Å². The minimum absolute atomic E-state index is 0.0170. The van der Waals surface area contributed by atoms with Gasteiger partial charge in [0.15, 0.2) is 17.9 Å². The fourth-order valence-electron chi connectivity index (χ4n) is 4.60. The first-order chi connectivity index (χ1) is 18.7. The molecule has 12 nitrogen and oxygen atoms in total. The normalized spacial score (nSPS) is 25.2. The van der Waals surface area contributed by atoms with Crippen LogP contribution in [-0.4, -0.2) is 80.0 Å². The number of hydrogen-bond acceptors (Lipinski definition) is 11. The van der Waals surface area contributed by atoms with Gasteiger partial charge in [-0.3, -0.25) is 4.79 Å². The zero-order valence-electron chi connectivity index (χ0n) is 21.4. The third-order valence-corrected chi connectivity index (χ3v) is 6.60. The van der Waals surface area contributed by atoms with Gasteiger partial charge in [0.2, 0.25) is 12.2 Å². The van der Waals surface area contributed by atoms with E-state index in [1.165, 1.54) is 10.8 Å². The highest BCUT2D eigenvalue weighted by Gasteiger charge is 2.46. The van der Waals surface area contributed by atoms with E-state index < -0.39 is 42.8 Å². The van der Waals surface area contributed by atoms with Gasteiger partial charge in [-0.05, 0) is 38.8 Å². The maximum atomic E-state index is 15.1. The molecule has 13 heteroatoms. The third kappa shape index (κ3) is 5.18. The number of aliphatic hydroxyl groups is 3. The standard InChI is InChI=1S/C26H28FN3O9/c1-12-6-15-4-5-17(19(27)16(15)7-12)38-24-20-14(3)18(8-30(20)29-10-28-24)35-9-13(2)37-26-23(34)21(32)22(33)25(39-26)36-11-31/h4-5,7-8,10-11,13,21-23,25-26,32-34H,6,9H2,1-3H3/t13-,21+,22+,23-,25+,26-/m1/s1. The number of rotatable bonds is 9. The molecule has 3 N–H and O–H groups in total. The second-order valence-electron chi connectivity index (χ2n) is 9.53. The number of hydrogen-bond donors (Lipinski definition) is 3. The Labute approximate surface area is 222 Å². The molecule has 1 saturated heterocycles. The van der Waals surface area contributed by atoms with E-state index >= 15 is 4.39 Å². The van der Waals surface area contributed by atoms with Crippen LogP contribution in [-0.2, 0) is 25.4 Å². The third-order valence-electron chi connectivity index (χ3n) is 6.60. The van der Waals surface area contributed by atoms with Crippen LogP contribution < -0.4 is 9.47 Å². The Hall–Kier alpha value is -3.62. The molecule has 1 aliphatic heterocycles. The molecule has 0 spiro atoms. The van der Waals surface area contributed by atoms with Crippen molar-refractivity contribution in [2.45, 2.75) is 64.2 Å². The van der Waals surface area contributed by atoms with Crippen LogP contribution in [0, 0.1) is 12.7 Å². The van der Waals surface area contributed by atoms with Gasteiger partial charge < -0.3 is 39.0 Å². The van der Waals surface area contributed by atoms with Crippen LogP contribution >= 0.6 is 0 Å². The van der Waals surface area contributed by atoms with Gasteiger partial charge in [-0.15, -0.1) is 0 Å². The number of aryl methyl sites for hydroxylation is 1. The SMILES string of the molecule is CC1=Cc2c(ccc(Oc3ncnn4cc(OC[C@@H](C)O[C@@H]5O[C@H](OC=O)[C@@H](O)[C@H](O)[C@H]5O)c(C)c34)c2F)C1. The van der Waals surface area contributed by atoms with Gasteiger partial charge in [0.1, 0.15) is 42.5 Å². The van der Waals surface area contributed by atoms with Crippen molar-refractivity contribution in [1.29, 1.82) is 0 Å². The molecule has 1 fully saturated rings. The summed E-state index contributed by atoms with van der Waals surface area (Å²) in [5, 5.41) is 34.3. The molecule has 3 heterocycles. The quantitative estimate of drug-likeness (QED) is 0.336. The lowest BCUT2D eigenvalue weighted by Gasteiger charge is -2.39. The molecule has 2 aliphatic rings. The molecule has 208 valence electrons. The van der Waals surface area contributed by atoms with E-state index in [0.717, 1.165) is 11.1 Å². The first-order valence-corrected chi connectivity index (χ1v) is 12.2. The van der Waals surface area contributed by atoms with E-state index in [0.29, 0.717) is 28.8 Å². The first kappa shape index (κ1) is 27.0. The number of aliphatic hydroxyl groups excluding tert-OH is 3. The minimum atomic E-state index is -1.66. The number of ether oxygens (including phenoxy) is 5. The van der Waals surface area contributed by atoms with Crippen molar-refractivity contribution in [3.05, 3.63) is 52.7 Å². The van der Waals surface area contributed by atoms with Gasteiger partial charge in [0.05, 0.1) is 12.3 Å². The number of aromatic nitrogens is 3. The zero-order chi connectivity index (χ0) is 27.8. The molecular weight excluding hydrogens is 517 g/mol. The van der Waals surface area contributed by atoms with Crippen molar-refractivity contribution in [2.75, 3.05) is 6.61 Å². The molecule has 1 aromatic carbocycles. The second-order valence-corrected chi connectivity index (χ2v) is 9.53. The highest BCUT2D eigenvalue weighted by Crippen LogP contribution is 2.36. The molecule has 0 saturated carbocycles. The number of carbonyl (C=O) groups excluding carboxylic acids is 1. The van der Waals surface area contributed by atoms with Gasteiger partial charge in [0.25, 0.3) is 6.47 Å². The topological polar surface area (TPSA) is 154 Å². The highest BCUT2D eigenvalue weighted by atomic mass is 19.1. The molecule has 0 amide bonds. The number of fused-ring (bicyclic) bond motifs is 2. The summed E-state index contributed by atoms with van der Waals surface area (Å²) in [4.78, 5) is 14.8. The summed E-state index contributed by atoms with van der Waals surface area (Å²) < 4.78 is 43.9. The van der Waals surface area contributed by atoms with Crippen molar-refractivity contribution in [2.24, 2.45) is 0 Å². The monoisotopic (exact) mass is 545 g/mol. The first-order valence-electron chi connectivity index (χ1n) is 12.2. The van der Waals surface area contributed by atoms with Gasteiger partial charge >= 0.3 is 0 Å². The molecule has 0 unspecified atom stereocenters. The fourth-order valence-corrected chi connectivity index (χ4v) is 4.60. The van der Waals surface area contributed by atoms with Crippen LogP contribution in [0.2, 0.25) is 0 Å². The van der Waals surface area contributed by atoms with Crippen molar-refractivity contribution in [3.63, 3.8) is 0 Å². The van der Waals surface area contributed by atoms with Crippen LogP contribution in [0.4, 0.5) is 4.39 Å². The predicted molar refractivity (Wildman–Crippen MR) is 131 cm³/mol. The van der Waals surface area contributed by atoms with Gasteiger partial charge in [0, 0.05) is 11.1 Å². The Morgan fingerprint density at radius 1 is 1.18 bits per heavy atom. The van der Waals surface area contributed by atoms with Crippen LogP contribution in [0.3, 0.4) is 0 Å². The van der Waals surface area contributed by atoms with Crippen LogP contribution in [0.5, 0.6) is 17.4 Å². The summed E-state index contributed by atoms with van der Waals surface area (Å²) in [5.74, 6) is 0.150. The van der Waals surface area contributed by atoms with E-state index in [1.807, 2.05) is 13.0 Å². The maximum Gasteiger partial charge on any atom is 0.295 e. The lowest BCUT2D eigenvalue weighted by Crippen LogP contribution is -2.59. The number of benzene rings is 1. The lowest BCUT2D eigenvalue weighted by atomic mass is 10.0. The Kier molecular flexibility index (Phi) is 7.51. The molecule has 0 radical (unpaired) electrons. The van der Waals surface area contributed by atoms with Crippen LogP contribution in [0.1, 0.15) is 30.5 Å². The molecule has 2 aromatic heterocycles. The van der Waals surface area contributed by atoms with E-state index in [2.05, 4.69) is 14.8 Å². The number of carbonyl (C=O) groups is 1. The Morgan fingerprint density at radius 2 is 1.95 bits per heavy atom. The van der Waals surface area contributed by atoms with Crippen molar-refractivity contribution >= 4 is 18.1 Å². The van der Waals surface area contributed by atoms with Gasteiger partial charge in [-0.2, -0.15) is 10.1 Å².